The molecule has 9 nitrogen and oxygen atoms in total. The molecule has 0 aliphatic carbocycles. The van der Waals surface area contributed by atoms with E-state index in [1.807, 2.05) is 0 Å². The van der Waals surface area contributed by atoms with Gasteiger partial charge < -0.3 is 20.6 Å². The summed E-state index contributed by atoms with van der Waals surface area (Å²) in [5, 5.41) is 36.4. The maximum atomic E-state index is 9.10. The number of carbonyl (C=O) groups is 2. The Morgan fingerprint density at radius 2 is 1.88 bits per heavy atom. The molecular formula is C12H14Cl2N4O5S. The number of fused-ring (bicyclic) bond motifs is 1. The number of aliphatic carboxylic acids is 2. The molecule has 0 bridgehead atoms. The van der Waals surface area contributed by atoms with Gasteiger partial charge in [0.05, 0.1) is 16.7 Å². The van der Waals surface area contributed by atoms with Crippen molar-refractivity contribution in [2.24, 2.45) is 0 Å². The van der Waals surface area contributed by atoms with Crippen molar-refractivity contribution >= 4 is 52.5 Å². The third kappa shape index (κ3) is 6.49. The Kier molecular flexibility index (Phi) is 8.79. The number of aromatic nitrogens is 3. The number of aliphatic hydroxyl groups is 1. The molecule has 0 saturated heterocycles. The highest BCUT2D eigenvalue weighted by Gasteiger charge is 2.09. The summed E-state index contributed by atoms with van der Waals surface area (Å²) >= 11 is 13.5. The minimum absolute atomic E-state index is 0.143. The largest absolute Gasteiger partial charge is 0.473 e. The molecule has 2 aromatic rings. The van der Waals surface area contributed by atoms with Crippen LogP contribution < -0.4 is 5.32 Å². The van der Waals surface area contributed by atoms with Crippen molar-refractivity contribution < 1.29 is 24.9 Å². The Balaban J connectivity index is 0.000000413. The van der Waals surface area contributed by atoms with Gasteiger partial charge in [-0.1, -0.05) is 35.0 Å². The molecule has 0 aromatic carbocycles. The minimum Gasteiger partial charge on any atom is -0.473 e. The normalized spacial score (nSPS) is 10.3. The van der Waals surface area contributed by atoms with Crippen LogP contribution in [0, 0.1) is 0 Å². The van der Waals surface area contributed by atoms with E-state index in [2.05, 4.69) is 15.5 Å². The molecule has 24 heavy (non-hydrogen) atoms. The molecular weight excluding hydrogens is 383 g/mol. The molecule has 0 spiro atoms. The fourth-order valence-electron chi connectivity index (χ4n) is 1.42. The quantitative estimate of drug-likeness (QED) is 0.318. The van der Waals surface area contributed by atoms with Crippen molar-refractivity contribution in [3.05, 3.63) is 22.3 Å². The molecule has 0 amide bonds. The lowest BCUT2D eigenvalue weighted by Crippen LogP contribution is -2.20. The summed E-state index contributed by atoms with van der Waals surface area (Å²) < 4.78 is 1.78. The highest BCUT2D eigenvalue weighted by Crippen LogP contribution is 2.24. The molecule has 2 rings (SSSR count). The smallest absolute Gasteiger partial charge is 0.414 e. The number of halogens is 2. The summed E-state index contributed by atoms with van der Waals surface area (Å²) in [6, 6.07) is 1.64. The van der Waals surface area contributed by atoms with Crippen LogP contribution in [-0.4, -0.2) is 67.3 Å². The number of aliphatic hydroxyl groups excluding tert-OH is 1. The fourth-order valence-corrected chi connectivity index (χ4v) is 2.73. The number of hydrogen-bond donors (Lipinski definition) is 4. The molecule has 0 saturated carbocycles. The maximum absolute atomic E-state index is 9.10. The molecule has 0 unspecified atom stereocenters. The van der Waals surface area contributed by atoms with Gasteiger partial charge in [0, 0.05) is 25.0 Å². The lowest BCUT2D eigenvalue weighted by Gasteiger charge is -2.02. The average molecular weight is 397 g/mol. The van der Waals surface area contributed by atoms with E-state index < -0.39 is 11.9 Å². The third-order valence-electron chi connectivity index (χ3n) is 2.38. The molecule has 0 fully saturated rings. The van der Waals surface area contributed by atoms with Gasteiger partial charge in [-0.3, -0.25) is 4.40 Å². The first-order valence-corrected chi connectivity index (χ1v) is 8.21. The van der Waals surface area contributed by atoms with Crippen molar-refractivity contribution in [3.8, 4) is 0 Å². The molecule has 0 radical (unpaired) electrons. The van der Waals surface area contributed by atoms with Crippen molar-refractivity contribution in [2.45, 2.75) is 5.16 Å². The molecule has 2 aromatic heterocycles. The van der Waals surface area contributed by atoms with E-state index in [0.717, 1.165) is 17.5 Å². The molecule has 12 heteroatoms. The number of thioether (sulfide) groups is 1. The van der Waals surface area contributed by atoms with Gasteiger partial charge in [-0.05, 0) is 6.07 Å². The number of nitrogens with zero attached hydrogens (tertiary/aromatic N) is 3. The standard InChI is InChI=1S/C10H12Cl2N4OS.C2H2O4/c11-7-5-8(12)9-14-15-10(16(9)6-7)18-4-2-13-1-3-17;3-1(4)2(5)6/h5-6,13,17H,1-4H2;(H,3,4)(H,5,6). The average Bonchev–Trinajstić information content (AvgIpc) is 2.91. The van der Waals surface area contributed by atoms with Gasteiger partial charge in [-0.25, -0.2) is 9.59 Å². The summed E-state index contributed by atoms with van der Waals surface area (Å²) in [6.07, 6.45) is 1.74. The van der Waals surface area contributed by atoms with E-state index in [1.165, 1.54) is 0 Å². The first kappa shape index (κ1) is 20.5. The predicted octanol–water partition coefficient (Wildman–Crippen LogP) is 0.866. The van der Waals surface area contributed by atoms with Crippen LogP contribution in [0.25, 0.3) is 5.65 Å². The zero-order chi connectivity index (χ0) is 18.1. The van der Waals surface area contributed by atoms with Crippen LogP contribution in [0.1, 0.15) is 0 Å². The maximum Gasteiger partial charge on any atom is 0.414 e. The molecule has 4 N–H and O–H groups in total. The highest BCUT2D eigenvalue weighted by molar-refractivity contribution is 7.99. The third-order valence-corrected chi connectivity index (χ3v) is 3.81. The first-order valence-electron chi connectivity index (χ1n) is 6.47. The zero-order valence-corrected chi connectivity index (χ0v) is 14.5. The molecule has 0 aliphatic rings. The van der Waals surface area contributed by atoms with Crippen molar-refractivity contribution in [1.82, 2.24) is 19.9 Å². The Hall–Kier alpha value is -1.59. The van der Waals surface area contributed by atoms with E-state index in [4.69, 9.17) is 48.1 Å². The SMILES string of the molecule is O=C(O)C(=O)O.OCCNCCSc1nnc2c(Cl)cc(Cl)cn12. The van der Waals surface area contributed by atoms with Crippen LogP contribution in [-0.2, 0) is 9.59 Å². The Bertz CT molecular complexity index is 700. The Morgan fingerprint density at radius 1 is 1.21 bits per heavy atom. The van der Waals surface area contributed by atoms with Crippen molar-refractivity contribution in [2.75, 3.05) is 25.4 Å². The van der Waals surface area contributed by atoms with Crippen molar-refractivity contribution in [1.29, 1.82) is 0 Å². The van der Waals surface area contributed by atoms with Crippen LogP contribution in [0.15, 0.2) is 17.4 Å². The minimum atomic E-state index is -1.82. The molecule has 0 atom stereocenters. The van der Waals surface area contributed by atoms with Crippen LogP contribution in [0.5, 0.6) is 0 Å². The van der Waals surface area contributed by atoms with E-state index in [1.54, 1.807) is 28.4 Å². The Morgan fingerprint density at radius 3 is 2.46 bits per heavy atom. The van der Waals surface area contributed by atoms with Crippen LogP contribution in [0.2, 0.25) is 10.0 Å². The number of carboxylic acids is 2. The van der Waals surface area contributed by atoms with Crippen LogP contribution >= 0.6 is 35.0 Å². The van der Waals surface area contributed by atoms with Crippen LogP contribution in [0.4, 0.5) is 0 Å². The lowest BCUT2D eigenvalue weighted by atomic mass is 10.5. The summed E-state index contributed by atoms with van der Waals surface area (Å²) in [6.45, 7) is 1.52. The van der Waals surface area contributed by atoms with Gasteiger partial charge in [0.1, 0.15) is 0 Å². The first-order chi connectivity index (χ1) is 11.4. The topological polar surface area (TPSA) is 137 Å². The summed E-state index contributed by atoms with van der Waals surface area (Å²) in [5.41, 5.74) is 0.604. The zero-order valence-electron chi connectivity index (χ0n) is 12.1. The van der Waals surface area contributed by atoms with Gasteiger partial charge in [0.15, 0.2) is 10.8 Å². The van der Waals surface area contributed by atoms with Gasteiger partial charge in [-0.15, -0.1) is 10.2 Å². The number of pyridine rings is 1. The summed E-state index contributed by atoms with van der Waals surface area (Å²) in [7, 11) is 0. The predicted molar refractivity (Wildman–Crippen MR) is 89.0 cm³/mol. The number of nitrogens with one attached hydrogen (secondary N) is 1. The fraction of sp³-hybridized carbons (Fsp3) is 0.333. The monoisotopic (exact) mass is 396 g/mol. The van der Waals surface area contributed by atoms with Gasteiger partial charge in [0.2, 0.25) is 0 Å². The summed E-state index contributed by atoms with van der Waals surface area (Å²) in [5.74, 6) is -2.82. The summed E-state index contributed by atoms with van der Waals surface area (Å²) in [4.78, 5) is 18.2. The van der Waals surface area contributed by atoms with Crippen LogP contribution in [0.3, 0.4) is 0 Å². The van der Waals surface area contributed by atoms with Gasteiger partial charge in [0.25, 0.3) is 0 Å². The molecule has 132 valence electrons. The second-order valence-electron chi connectivity index (χ2n) is 4.11. The van der Waals surface area contributed by atoms with Crippen molar-refractivity contribution in [3.63, 3.8) is 0 Å². The van der Waals surface area contributed by atoms with E-state index in [9.17, 15) is 0 Å². The van der Waals surface area contributed by atoms with E-state index in [-0.39, 0.29) is 6.61 Å². The number of hydrogen-bond acceptors (Lipinski definition) is 7. The van der Waals surface area contributed by atoms with E-state index >= 15 is 0 Å². The number of rotatable bonds is 6. The van der Waals surface area contributed by atoms with Gasteiger partial charge >= 0.3 is 11.9 Å². The van der Waals surface area contributed by atoms with Gasteiger partial charge in [-0.2, -0.15) is 0 Å². The molecule has 2 heterocycles. The Labute approximate surface area is 150 Å². The second kappa shape index (κ2) is 10.3. The highest BCUT2D eigenvalue weighted by atomic mass is 35.5. The van der Waals surface area contributed by atoms with E-state index in [0.29, 0.717) is 22.2 Å². The lowest BCUT2D eigenvalue weighted by molar-refractivity contribution is -0.159. The number of carboxylic acid groups (broad SMARTS) is 2. The molecule has 0 aliphatic heterocycles. The second-order valence-corrected chi connectivity index (χ2v) is 6.02.